The number of halogens is 6. The minimum absolute atomic E-state index is 0.285. The Kier molecular flexibility index (Phi) is 4.08. The van der Waals surface area contributed by atoms with Crippen molar-refractivity contribution in [2.45, 2.75) is 24.8 Å². The summed E-state index contributed by atoms with van der Waals surface area (Å²) in [6, 6.07) is -1.88. The van der Waals surface area contributed by atoms with Crippen LogP contribution in [0, 0.1) is 0 Å². The van der Waals surface area contributed by atoms with E-state index in [1.165, 1.54) is 0 Å². The predicted octanol–water partition coefficient (Wildman–Crippen LogP) is 2.07. The van der Waals surface area contributed by atoms with Gasteiger partial charge in [-0.25, -0.2) is 0 Å². The molecule has 17 heavy (non-hydrogen) atoms. The van der Waals surface area contributed by atoms with Crippen LogP contribution in [0.25, 0.3) is 0 Å². The Morgan fingerprint density at radius 3 is 2.12 bits per heavy atom. The van der Waals surface area contributed by atoms with Crippen LogP contribution in [-0.4, -0.2) is 42.9 Å². The molecule has 0 fully saturated rings. The molecule has 0 radical (unpaired) electrons. The van der Waals surface area contributed by atoms with E-state index < -0.39 is 36.9 Å². The van der Waals surface area contributed by atoms with Crippen LogP contribution < -0.4 is 5.73 Å². The van der Waals surface area contributed by atoms with Crippen molar-refractivity contribution in [3.8, 4) is 0 Å². The number of rotatable bonds is 2. The van der Waals surface area contributed by atoms with Gasteiger partial charge in [-0.1, -0.05) is 6.08 Å². The summed E-state index contributed by atoms with van der Waals surface area (Å²) in [4.78, 5) is 0.912. The molecule has 100 valence electrons. The Hall–Kier alpha value is -0.760. The monoisotopic (exact) mass is 262 g/mol. The molecule has 0 saturated heterocycles. The van der Waals surface area contributed by atoms with Gasteiger partial charge in [-0.05, 0) is 6.42 Å². The lowest BCUT2D eigenvalue weighted by molar-refractivity contribution is -0.180. The van der Waals surface area contributed by atoms with Crippen LogP contribution in [0.4, 0.5) is 26.3 Å². The third kappa shape index (κ3) is 3.60. The van der Waals surface area contributed by atoms with Crippen molar-refractivity contribution in [3.05, 3.63) is 11.6 Å². The van der Waals surface area contributed by atoms with Gasteiger partial charge >= 0.3 is 12.4 Å². The average Bonchev–Trinajstić information content (AvgIpc) is 2.16. The molecule has 2 nitrogen and oxygen atoms in total. The molecule has 8 heteroatoms. The highest BCUT2D eigenvalue weighted by Gasteiger charge is 2.44. The highest BCUT2D eigenvalue weighted by atomic mass is 19.4. The summed E-state index contributed by atoms with van der Waals surface area (Å²) in [5.41, 5.74) is 4.23. The topological polar surface area (TPSA) is 29.3 Å². The molecule has 0 spiro atoms. The van der Waals surface area contributed by atoms with Crippen molar-refractivity contribution in [2.24, 2.45) is 5.73 Å². The fraction of sp³-hybridized carbons (Fsp3) is 0.778. The van der Waals surface area contributed by atoms with Gasteiger partial charge in [0.05, 0.1) is 0 Å². The zero-order valence-electron chi connectivity index (χ0n) is 8.78. The molecule has 1 unspecified atom stereocenters. The van der Waals surface area contributed by atoms with E-state index in [-0.39, 0.29) is 13.1 Å². The zero-order valence-corrected chi connectivity index (χ0v) is 8.78. The van der Waals surface area contributed by atoms with E-state index in [0.29, 0.717) is 0 Å². The molecule has 1 heterocycles. The van der Waals surface area contributed by atoms with Crippen LogP contribution in [-0.2, 0) is 0 Å². The number of nitrogens with zero attached hydrogens (tertiary/aromatic N) is 1. The van der Waals surface area contributed by atoms with Gasteiger partial charge in [0.1, 0.15) is 6.04 Å². The van der Waals surface area contributed by atoms with Crippen LogP contribution in [0.2, 0.25) is 0 Å². The molecule has 0 amide bonds. The molecule has 0 aromatic carbocycles. The van der Waals surface area contributed by atoms with Crippen molar-refractivity contribution in [3.63, 3.8) is 0 Å². The van der Waals surface area contributed by atoms with E-state index in [9.17, 15) is 26.3 Å². The second-order valence-electron chi connectivity index (χ2n) is 3.77. The van der Waals surface area contributed by atoms with Crippen molar-refractivity contribution >= 4 is 0 Å². The van der Waals surface area contributed by atoms with Gasteiger partial charge in [0.25, 0.3) is 0 Å². The van der Waals surface area contributed by atoms with Gasteiger partial charge in [0, 0.05) is 25.2 Å². The Morgan fingerprint density at radius 2 is 1.82 bits per heavy atom. The van der Waals surface area contributed by atoms with E-state index in [4.69, 9.17) is 5.73 Å². The molecule has 1 aliphatic heterocycles. The average molecular weight is 262 g/mol. The second-order valence-corrected chi connectivity index (χ2v) is 3.77. The van der Waals surface area contributed by atoms with Crippen LogP contribution in [0.15, 0.2) is 11.6 Å². The normalized spacial score (nSPS) is 21.2. The molecule has 0 bridgehead atoms. The maximum Gasteiger partial charge on any atom is 0.412 e. The first-order valence-corrected chi connectivity index (χ1v) is 4.93. The number of hydrogen-bond acceptors (Lipinski definition) is 2. The van der Waals surface area contributed by atoms with Crippen molar-refractivity contribution < 1.29 is 26.3 Å². The fourth-order valence-corrected chi connectivity index (χ4v) is 1.72. The summed E-state index contributed by atoms with van der Waals surface area (Å²) in [6.07, 6.45) is -8.62. The van der Waals surface area contributed by atoms with Gasteiger partial charge in [-0.2, -0.15) is 26.3 Å². The molecule has 0 saturated carbocycles. The summed E-state index contributed by atoms with van der Waals surface area (Å²) < 4.78 is 74.2. The van der Waals surface area contributed by atoms with Crippen LogP contribution >= 0.6 is 0 Å². The summed E-state index contributed by atoms with van der Waals surface area (Å²) in [5, 5.41) is 0. The largest absolute Gasteiger partial charge is 0.412 e. The van der Waals surface area contributed by atoms with Crippen LogP contribution in [0.5, 0.6) is 0 Å². The third-order valence-electron chi connectivity index (χ3n) is 2.65. The Morgan fingerprint density at radius 1 is 1.24 bits per heavy atom. The second kappa shape index (κ2) is 4.85. The first-order valence-electron chi connectivity index (χ1n) is 4.93. The molecular formula is C9H12F6N2. The predicted molar refractivity (Wildman–Crippen MR) is 49.2 cm³/mol. The van der Waals surface area contributed by atoms with Crippen molar-refractivity contribution in [2.75, 3.05) is 19.6 Å². The van der Waals surface area contributed by atoms with Crippen LogP contribution in [0.3, 0.4) is 0 Å². The lowest BCUT2D eigenvalue weighted by Crippen LogP contribution is -2.52. The van der Waals surface area contributed by atoms with Gasteiger partial charge < -0.3 is 5.73 Å². The SMILES string of the molecule is NCC(N1CC=C(C(F)(F)F)CC1)C(F)(F)F. The van der Waals surface area contributed by atoms with E-state index in [1.54, 1.807) is 0 Å². The van der Waals surface area contributed by atoms with Crippen molar-refractivity contribution in [1.82, 2.24) is 4.90 Å². The Labute approximate surface area is 94.1 Å². The molecule has 2 N–H and O–H groups in total. The Bertz CT molecular complexity index is 293. The number of hydrogen-bond donors (Lipinski definition) is 1. The van der Waals surface area contributed by atoms with Gasteiger partial charge in [0.15, 0.2) is 0 Å². The molecule has 1 atom stereocenters. The molecule has 1 aliphatic rings. The fourth-order valence-electron chi connectivity index (χ4n) is 1.72. The number of nitrogens with two attached hydrogens (primary N) is 1. The highest BCUT2D eigenvalue weighted by Crippen LogP contribution is 2.32. The molecule has 0 aliphatic carbocycles. The van der Waals surface area contributed by atoms with Gasteiger partial charge in [0.2, 0.25) is 0 Å². The summed E-state index contributed by atoms with van der Waals surface area (Å²) in [6.45, 7) is -1.32. The number of alkyl halides is 6. The molecule has 1 rings (SSSR count). The first kappa shape index (κ1) is 14.3. The maximum atomic E-state index is 12.5. The molecule has 0 aromatic heterocycles. The van der Waals surface area contributed by atoms with Crippen molar-refractivity contribution in [1.29, 1.82) is 0 Å². The lowest BCUT2D eigenvalue weighted by Gasteiger charge is -2.34. The molecule has 0 aromatic rings. The minimum Gasteiger partial charge on any atom is -0.329 e. The van der Waals surface area contributed by atoms with Gasteiger partial charge in [-0.3, -0.25) is 4.90 Å². The maximum absolute atomic E-state index is 12.5. The van der Waals surface area contributed by atoms with E-state index in [0.717, 1.165) is 11.0 Å². The summed E-state index contributed by atoms with van der Waals surface area (Å²) in [7, 11) is 0. The van der Waals surface area contributed by atoms with Gasteiger partial charge in [-0.15, -0.1) is 0 Å². The van der Waals surface area contributed by atoms with E-state index in [1.807, 2.05) is 0 Å². The smallest absolute Gasteiger partial charge is 0.329 e. The lowest BCUT2D eigenvalue weighted by atomic mass is 10.1. The minimum atomic E-state index is -4.52. The van der Waals surface area contributed by atoms with Crippen LogP contribution in [0.1, 0.15) is 6.42 Å². The third-order valence-corrected chi connectivity index (χ3v) is 2.65. The van der Waals surface area contributed by atoms with E-state index in [2.05, 4.69) is 0 Å². The molecular weight excluding hydrogens is 250 g/mol. The Balaban J connectivity index is 2.71. The summed E-state index contributed by atoms with van der Waals surface area (Å²) >= 11 is 0. The first-order chi connectivity index (χ1) is 7.66. The summed E-state index contributed by atoms with van der Waals surface area (Å²) in [5.74, 6) is 0. The van der Waals surface area contributed by atoms with E-state index >= 15 is 0 Å². The quantitative estimate of drug-likeness (QED) is 0.609. The highest BCUT2D eigenvalue weighted by molar-refractivity contribution is 5.13. The standard InChI is InChI=1S/C9H12F6N2/c10-8(11,12)6-1-3-17(4-2-6)7(5-16)9(13,14)15/h1,7H,2-5,16H2. The zero-order chi connectivity index (χ0) is 13.3.